The molecule has 2 heterocycles. The summed E-state index contributed by atoms with van der Waals surface area (Å²) in [6.45, 7) is 0.606. The van der Waals surface area contributed by atoms with E-state index in [9.17, 15) is 14.4 Å². The van der Waals surface area contributed by atoms with Crippen LogP contribution in [-0.4, -0.2) is 29.2 Å². The SMILES string of the molecule is O=C(NNC(=O)[C@H]1CC(=O)N(Cc2ccco2)C1)c1ccc(Cl)cc1. The molecule has 0 spiro atoms. The molecule has 1 fully saturated rings. The quantitative estimate of drug-likeness (QED) is 0.811. The Hall–Kier alpha value is -2.80. The van der Waals surface area contributed by atoms with Crippen molar-refractivity contribution in [1.29, 1.82) is 0 Å². The van der Waals surface area contributed by atoms with Gasteiger partial charge < -0.3 is 9.32 Å². The highest BCUT2D eigenvalue weighted by Crippen LogP contribution is 2.20. The summed E-state index contributed by atoms with van der Waals surface area (Å²) in [7, 11) is 0. The van der Waals surface area contributed by atoms with Crippen LogP contribution in [0.15, 0.2) is 47.1 Å². The molecule has 0 unspecified atom stereocenters. The van der Waals surface area contributed by atoms with Gasteiger partial charge in [0.2, 0.25) is 11.8 Å². The number of rotatable bonds is 4. The highest BCUT2D eigenvalue weighted by atomic mass is 35.5. The first kappa shape index (κ1) is 17.0. The minimum atomic E-state index is -0.520. The molecule has 1 aliphatic heterocycles. The van der Waals surface area contributed by atoms with Crippen LogP contribution in [0.3, 0.4) is 0 Å². The Morgan fingerprint density at radius 3 is 2.64 bits per heavy atom. The van der Waals surface area contributed by atoms with Crippen molar-refractivity contribution >= 4 is 29.3 Å². The first-order chi connectivity index (χ1) is 12.0. The normalized spacial score (nSPS) is 16.8. The van der Waals surface area contributed by atoms with Gasteiger partial charge >= 0.3 is 0 Å². The second kappa shape index (κ2) is 7.40. The number of benzene rings is 1. The summed E-state index contributed by atoms with van der Waals surface area (Å²) in [6.07, 6.45) is 1.63. The molecule has 0 aliphatic carbocycles. The van der Waals surface area contributed by atoms with E-state index in [4.69, 9.17) is 16.0 Å². The van der Waals surface area contributed by atoms with Gasteiger partial charge in [-0.25, -0.2) is 0 Å². The predicted octanol–water partition coefficient (Wildman–Crippen LogP) is 1.74. The molecule has 8 heteroatoms. The average Bonchev–Trinajstić information content (AvgIpc) is 3.24. The van der Waals surface area contributed by atoms with Gasteiger partial charge in [-0.15, -0.1) is 0 Å². The molecule has 1 aromatic heterocycles. The Morgan fingerprint density at radius 1 is 1.20 bits per heavy atom. The first-order valence-electron chi connectivity index (χ1n) is 7.69. The lowest BCUT2D eigenvalue weighted by Gasteiger charge is -2.15. The number of halogens is 1. The summed E-state index contributed by atoms with van der Waals surface area (Å²) in [6, 6.07) is 9.78. The minimum absolute atomic E-state index is 0.101. The van der Waals surface area contributed by atoms with Gasteiger partial charge in [-0.1, -0.05) is 11.6 Å². The lowest BCUT2D eigenvalue weighted by atomic mass is 10.1. The van der Waals surface area contributed by atoms with Crippen LogP contribution < -0.4 is 10.9 Å². The second-order valence-corrected chi connectivity index (χ2v) is 6.14. The van der Waals surface area contributed by atoms with Crippen molar-refractivity contribution in [2.24, 2.45) is 5.92 Å². The van der Waals surface area contributed by atoms with Gasteiger partial charge in [0, 0.05) is 23.6 Å². The molecule has 0 saturated carbocycles. The number of hydrogen-bond donors (Lipinski definition) is 2. The molecule has 1 aliphatic rings. The fourth-order valence-corrected chi connectivity index (χ4v) is 2.71. The zero-order valence-corrected chi connectivity index (χ0v) is 14.0. The van der Waals surface area contributed by atoms with Crippen molar-refractivity contribution in [2.75, 3.05) is 6.54 Å². The third kappa shape index (κ3) is 4.19. The summed E-state index contributed by atoms with van der Waals surface area (Å²) in [5, 5.41) is 0.515. The van der Waals surface area contributed by atoms with Crippen LogP contribution in [-0.2, 0) is 16.1 Å². The van der Waals surface area contributed by atoms with Crippen LogP contribution >= 0.6 is 11.6 Å². The van der Waals surface area contributed by atoms with Gasteiger partial charge in [0.15, 0.2) is 0 Å². The van der Waals surface area contributed by atoms with Crippen molar-refractivity contribution in [3.63, 3.8) is 0 Å². The number of carbonyl (C=O) groups excluding carboxylic acids is 3. The van der Waals surface area contributed by atoms with E-state index in [2.05, 4.69) is 10.9 Å². The number of carbonyl (C=O) groups is 3. The van der Waals surface area contributed by atoms with Gasteiger partial charge in [0.25, 0.3) is 5.91 Å². The zero-order valence-electron chi connectivity index (χ0n) is 13.2. The average molecular weight is 362 g/mol. The molecule has 0 radical (unpaired) electrons. The fraction of sp³-hybridized carbons (Fsp3) is 0.235. The fourth-order valence-electron chi connectivity index (χ4n) is 2.59. The van der Waals surface area contributed by atoms with E-state index < -0.39 is 17.7 Å². The van der Waals surface area contributed by atoms with Crippen LogP contribution in [0.4, 0.5) is 0 Å². The molecule has 25 heavy (non-hydrogen) atoms. The van der Waals surface area contributed by atoms with Crippen LogP contribution in [0.2, 0.25) is 5.02 Å². The highest BCUT2D eigenvalue weighted by molar-refractivity contribution is 6.30. The summed E-state index contributed by atoms with van der Waals surface area (Å²) in [5.41, 5.74) is 5.07. The van der Waals surface area contributed by atoms with Gasteiger partial charge in [0.05, 0.1) is 18.7 Å². The number of nitrogens with zero attached hydrogens (tertiary/aromatic N) is 1. The summed E-state index contributed by atoms with van der Waals surface area (Å²) < 4.78 is 5.21. The molecule has 1 aromatic carbocycles. The van der Waals surface area contributed by atoms with Gasteiger partial charge in [-0.05, 0) is 36.4 Å². The van der Waals surface area contributed by atoms with Crippen LogP contribution in [0.5, 0.6) is 0 Å². The van der Waals surface area contributed by atoms with Crippen molar-refractivity contribution in [3.05, 3.63) is 59.0 Å². The van der Waals surface area contributed by atoms with E-state index in [0.717, 1.165) is 0 Å². The standard InChI is InChI=1S/C17H16ClN3O4/c18-13-5-3-11(4-6-13)16(23)19-20-17(24)12-8-15(22)21(9-12)10-14-2-1-7-25-14/h1-7,12H,8-10H2,(H,19,23)(H,20,24)/t12-/m0/s1. The molecule has 0 bridgehead atoms. The maximum atomic E-state index is 12.2. The molecular formula is C17H16ClN3O4. The molecular weight excluding hydrogens is 346 g/mol. The molecule has 130 valence electrons. The topological polar surface area (TPSA) is 91.7 Å². The predicted molar refractivity (Wildman–Crippen MR) is 89.3 cm³/mol. The maximum Gasteiger partial charge on any atom is 0.269 e. The molecule has 1 atom stereocenters. The Balaban J connectivity index is 1.51. The number of likely N-dealkylation sites (tertiary alicyclic amines) is 1. The van der Waals surface area contributed by atoms with E-state index in [1.165, 1.54) is 6.26 Å². The van der Waals surface area contributed by atoms with Crippen molar-refractivity contribution in [2.45, 2.75) is 13.0 Å². The molecule has 2 N–H and O–H groups in total. The monoisotopic (exact) mass is 361 g/mol. The van der Waals surface area contributed by atoms with E-state index >= 15 is 0 Å². The van der Waals surface area contributed by atoms with Crippen LogP contribution in [0.25, 0.3) is 0 Å². The molecule has 7 nitrogen and oxygen atoms in total. The molecule has 1 saturated heterocycles. The lowest BCUT2D eigenvalue weighted by Crippen LogP contribution is -2.45. The number of furan rings is 1. The zero-order chi connectivity index (χ0) is 17.8. The van der Waals surface area contributed by atoms with Crippen LogP contribution in [0, 0.1) is 5.92 Å². The number of hydrogen-bond acceptors (Lipinski definition) is 4. The van der Waals surface area contributed by atoms with Gasteiger partial charge in [-0.3, -0.25) is 25.2 Å². The summed E-state index contributed by atoms with van der Waals surface area (Å²) >= 11 is 5.76. The van der Waals surface area contributed by atoms with E-state index in [-0.39, 0.29) is 18.9 Å². The second-order valence-electron chi connectivity index (χ2n) is 5.70. The largest absolute Gasteiger partial charge is 0.467 e. The molecule has 3 rings (SSSR count). The summed E-state index contributed by atoms with van der Waals surface area (Å²) in [5.74, 6) is -0.849. The van der Waals surface area contributed by atoms with Crippen molar-refractivity contribution in [1.82, 2.24) is 15.8 Å². The maximum absolute atomic E-state index is 12.2. The van der Waals surface area contributed by atoms with Crippen molar-refractivity contribution < 1.29 is 18.8 Å². The van der Waals surface area contributed by atoms with E-state index in [0.29, 0.717) is 22.9 Å². The smallest absolute Gasteiger partial charge is 0.269 e. The Morgan fingerprint density at radius 2 is 1.96 bits per heavy atom. The Bertz CT molecular complexity index is 774. The van der Waals surface area contributed by atoms with Gasteiger partial charge in [-0.2, -0.15) is 0 Å². The van der Waals surface area contributed by atoms with E-state index in [1.807, 2.05) is 0 Å². The van der Waals surface area contributed by atoms with Gasteiger partial charge in [0.1, 0.15) is 5.76 Å². The molecule has 3 amide bonds. The molecule has 2 aromatic rings. The highest BCUT2D eigenvalue weighted by Gasteiger charge is 2.34. The number of hydrazine groups is 1. The Labute approximate surface area is 148 Å². The first-order valence-corrected chi connectivity index (χ1v) is 8.06. The Kier molecular flexibility index (Phi) is 5.04. The third-order valence-electron chi connectivity index (χ3n) is 3.92. The number of nitrogens with one attached hydrogen (secondary N) is 2. The van der Waals surface area contributed by atoms with E-state index in [1.54, 1.807) is 41.3 Å². The van der Waals surface area contributed by atoms with Crippen LogP contribution in [0.1, 0.15) is 22.5 Å². The van der Waals surface area contributed by atoms with Crippen molar-refractivity contribution in [3.8, 4) is 0 Å². The lowest BCUT2D eigenvalue weighted by molar-refractivity contribution is -0.129. The number of amides is 3. The third-order valence-corrected chi connectivity index (χ3v) is 4.17. The summed E-state index contributed by atoms with van der Waals surface area (Å²) in [4.78, 5) is 37.7. The minimum Gasteiger partial charge on any atom is -0.467 e.